The molecule has 0 bridgehead atoms. The normalized spacial score (nSPS) is 12.0. The first-order valence-corrected chi connectivity index (χ1v) is 13.9. The van der Waals surface area contributed by atoms with Gasteiger partial charge in [0, 0.05) is 43.8 Å². The first-order valence-electron chi connectivity index (χ1n) is 13.9. The van der Waals surface area contributed by atoms with Crippen molar-refractivity contribution in [1.29, 1.82) is 0 Å². The first-order chi connectivity index (χ1) is 21.1. The van der Waals surface area contributed by atoms with Gasteiger partial charge in [0.25, 0.3) is 0 Å². The van der Waals surface area contributed by atoms with Gasteiger partial charge in [-0.15, -0.1) is 0 Å². The van der Waals surface area contributed by atoms with Crippen LogP contribution in [0, 0.1) is 0 Å². The topological polar surface area (TPSA) is 80.6 Å². The van der Waals surface area contributed by atoms with Gasteiger partial charge in [-0.3, -0.25) is 4.79 Å². The largest absolute Gasteiger partial charge is 0.478 e. The molecule has 0 saturated carbocycles. The predicted octanol–water partition coefficient (Wildman–Crippen LogP) is 9.75. The van der Waals surface area contributed by atoms with E-state index in [0.29, 0.717) is 5.56 Å². The van der Waals surface area contributed by atoms with Gasteiger partial charge in [-0.2, -0.15) is 0 Å². The number of carboxylic acids is 1. The van der Waals surface area contributed by atoms with Crippen LogP contribution in [0.2, 0.25) is 0 Å². The second-order valence-electron chi connectivity index (χ2n) is 10.5. The summed E-state index contributed by atoms with van der Waals surface area (Å²) in [4.78, 5) is 24.0. The third-order valence-corrected chi connectivity index (χ3v) is 8.08. The molecule has 5 heteroatoms. The Morgan fingerprint density at radius 1 is 0.465 bits per heavy atom. The monoisotopic (exact) mass is 558 g/mol. The van der Waals surface area contributed by atoms with Gasteiger partial charge in [-0.1, -0.05) is 97.1 Å². The third kappa shape index (κ3) is 3.79. The highest BCUT2D eigenvalue weighted by Gasteiger charge is 2.29. The molecule has 0 unspecified atom stereocenters. The van der Waals surface area contributed by atoms with E-state index in [2.05, 4.69) is 6.07 Å². The molecule has 0 radical (unpaired) electrons. The fraction of sp³-hybridized carbons (Fsp3) is 0. The number of aromatic carboxylic acids is 1. The van der Waals surface area contributed by atoms with Crippen molar-refractivity contribution in [3.8, 4) is 22.3 Å². The van der Waals surface area contributed by atoms with Gasteiger partial charge >= 0.3 is 5.97 Å². The number of carbonyl (C=O) groups is 2. The van der Waals surface area contributed by atoms with E-state index in [1.807, 2.05) is 109 Å². The van der Waals surface area contributed by atoms with Crippen LogP contribution in [0.1, 0.15) is 26.3 Å². The molecule has 8 aromatic rings. The Kier molecular flexibility index (Phi) is 5.52. The lowest BCUT2D eigenvalue weighted by Gasteiger charge is -2.06. The maximum atomic E-state index is 12.5. The van der Waals surface area contributed by atoms with Crippen molar-refractivity contribution in [3.63, 3.8) is 0 Å². The molecule has 0 aliphatic heterocycles. The van der Waals surface area contributed by atoms with Crippen LogP contribution < -0.4 is 0 Å². The molecule has 43 heavy (non-hydrogen) atoms. The van der Waals surface area contributed by atoms with E-state index in [4.69, 9.17) is 8.83 Å². The molecule has 0 atom stereocenters. The molecule has 9 rings (SSSR count). The van der Waals surface area contributed by atoms with Crippen molar-refractivity contribution in [2.75, 3.05) is 0 Å². The maximum absolute atomic E-state index is 12.5. The summed E-state index contributed by atoms with van der Waals surface area (Å²) in [5.41, 5.74) is 8.34. The van der Waals surface area contributed by atoms with Crippen LogP contribution in [0.5, 0.6) is 0 Å². The molecule has 1 aliphatic carbocycles. The molecule has 204 valence electrons. The molecule has 0 saturated heterocycles. The summed E-state index contributed by atoms with van der Waals surface area (Å²) in [6.45, 7) is 0. The number of hydrogen-bond donors (Lipinski definition) is 1. The quantitative estimate of drug-likeness (QED) is 0.228. The molecule has 6 aromatic carbocycles. The second kappa shape index (κ2) is 9.57. The number of hydrogen-bond acceptors (Lipinski definition) is 4. The minimum atomic E-state index is -0.941. The zero-order valence-corrected chi connectivity index (χ0v) is 22.7. The van der Waals surface area contributed by atoms with Gasteiger partial charge in [-0.05, 0) is 41.5 Å². The molecule has 2 heterocycles. The molecular formula is C38H22O5. The average Bonchev–Trinajstić information content (AvgIpc) is 3.71. The molecule has 1 aliphatic rings. The molecule has 5 nitrogen and oxygen atoms in total. The van der Waals surface area contributed by atoms with Gasteiger partial charge in [0.05, 0.1) is 5.56 Å². The maximum Gasteiger partial charge on any atom is 0.336 e. The van der Waals surface area contributed by atoms with Crippen molar-refractivity contribution >= 4 is 55.6 Å². The third-order valence-electron chi connectivity index (χ3n) is 8.08. The highest BCUT2D eigenvalue weighted by molar-refractivity contribution is 6.27. The molecular weight excluding hydrogens is 536 g/mol. The molecule has 0 fully saturated rings. The fourth-order valence-electron chi connectivity index (χ4n) is 6.15. The van der Waals surface area contributed by atoms with Crippen molar-refractivity contribution in [3.05, 3.63) is 144 Å². The Balaban J connectivity index is 0.000000129. The Bertz CT molecular complexity index is 2410. The summed E-state index contributed by atoms with van der Waals surface area (Å²) in [6, 6.07) is 40.2. The summed E-state index contributed by atoms with van der Waals surface area (Å²) in [7, 11) is 0. The van der Waals surface area contributed by atoms with Crippen molar-refractivity contribution in [2.45, 2.75) is 0 Å². The van der Waals surface area contributed by atoms with E-state index in [0.717, 1.165) is 71.7 Å². The van der Waals surface area contributed by atoms with Gasteiger partial charge < -0.3 is 13.9 Å². The van der Waals surface area contributed by atoms with Gasteiger partial charge in [-0.25, -0.2) is 4.79 Å². The van der Waals surface area contributed by atoms with Gasteiger partial charge in [0.15, 0.2) is 5.78 Å². The number of ketones is 1. The Morgan fingerprint density at radius 2 is 1.00 bits per heavy atom. The van der Waals surface area contributed by atoms with Crippen molar-refractivity contribution in [2.24, 2.45) is 0 Å². The highest BCUT2D eigenvalue weighted by Crippen LogP contribution is 2.44. The van der Waals surface area contributed by atoms with Crippen LogP contribution in [-0.2, 0) is 0 Å². The van der Waals surface area contributed by atoms with Crippen LogP contribution in [-0.4, -0.2) is 16.9 Å². The Morgan fingerprint density at radius 3 is 1.72 bits per heavy atom. The van der Waals surface area contributed by atoms with Crippen molar-refractivity contribution < 1.29 is 23.5 Å². The van der Waals surface area contributed by atoms with E-state index in [-0.39, 0.29) is 11.3 Å². The highest BCUT2D eigenvalue weighted by atomic mass is 16.4. The number of furan rings is 2. The lowest BCUT2D eigenvalue weighted by molar-refractivity contribution is 0.0697. The number of benzene rings is 6. The number of fused-ring (bicyclic) bond motifs is 10. The summed E-state index contributed by atoms with van der Waals surface area (Å²) in [5, 5.41) is 13.6. The zero-order valence-electron chi connectivity index (χ0n) is 22.7. The Labute approximate surface area is 245 Å². The summed E-state index contributed by atoms with van der Waals surface area (Å²) in [5.74, 6) is -0.855. The van der Waals surface area contributed by atoms with Crippen molar-refractivity contribution in [1.82, 2.24) is 0 Å². The summed E-state index contributed by atoms with van der Waals surface area (Å²) < 4.78 is 12.0. The van der Waals surface area contributed by atoms with E-state index in [1.165, 1.54) is 0 Å². The van der Waals surface area contributed by atoms with Gasteiger partial charge in [0.1, 0.15) is 22.3 Å². The number of carboxylic acid groups (broad SMARTS) is 1. The van der Waals surface area contributed by atoms with Crippen LogP contribution in [0.3, 0.4) is 0 Å². The Hall–Kier alpha value is -5.94. The second-order valence-corrected chi connectivity index (χ2v) is 10.5. The SMILES string of the molecule is O=C(O)c1ccccc1-c1cccc2c1oc1ccccc12.O=C1c2ccccc2-c2c1ccc1c2oc2ccccc21. The minimum absolute atomic E-state index is 0.0861. The molecule has 1 N–H and O–H groups in total. The molecule has 0 spiro atoms. The van der Waals surface area contributed by atoms with E-state index >= 15 is 0 Å². The number of carbonyl (C=O) groups excluding carboxylic acids is 1. The molecule has 2 aromatic heterocycles. The van der Waals surface area contributed by atoms with Crippen LogP contribution in [0.4, 0.5) is 0 Å². The summed E-state index contributed by atoms with van der Waals surface area (Å²) in [6.07, 6.45) is 0. The first kappa shape index (κ1) is 24.8. The lowest BCUT2D eigenvalue weighted by Crippen LogP contribution is -1.99. The van der Waals surface area contributed by atoms with Crippen LogP contribution >= 0.6 is 0 Å². The van der Waals surface area contributed by atoms with E-state index in [9.17, 15) is 14.7 Å². The summed E-state index contributed by atoms with van der Waals surface area (Å²) >= 11 is 0. The zero-order chi connectivity index (χ0) is 29.1. The number of rotatable bonds is 2. The lowest BCUT2D eigenvalue weighted by atomic mass is 9.98. The van der Waals surface area contributed by atoms with E-state index < -0.39 is 5.97 Å². The minimum Gasteiger partial charge on any atom is -0.478 e. The number of para-hydroxylation sites is 3. The smallest absolute Gasteiger partial charge is 0.336 e. The van der Waals surface area contributed by atoms with Crippen LogP contribution in [0.25, 0.3) is 66.1 Å². The standard InChI is InChI=1S/C19H12O3.C19H10O2/c20-19(21)16-8-2-1-6-12(16)14-9-5-10-15-13-7-3-4-11-17(13)22-18(14)15;20-18-13-7-2-1-6-12(13)17-15(18)10-9-14-11-5-3-4-8-16(11)21-19(14)17/h1-11H,(H,20,21);1-10H. The van der Waals surface area contributed by atoms with E-state index in [1.54, 1.807) is 12.1 Å². The van der Waals surface area contributed by atoms with Gasteiger partial charge in [0.2, 0.25) is 0 Å². The van der Waals surface area contributed by atoms with Crippen LogP contribution in [0.15, 0.2) is 136 Å². The predicted molar refractivity (Wildman–Crippen MR) is 169 cm³/mol. The average molecular weight is 559 g/mol. The fourth-order valence-corrected chi connectivity index (χ4v) is 6.15. The molecule has 0 amide bonds.